The van der Waals surface area contributed by atoms with Crippen LogP contribution in [-0.2, 0) is 10.2 Å². The van der Waals surface area contributed by atoms with Gasteiger partial charge in [-0.1, -0.05) is 30.2 Å². The third-order valence-corrected chi connectivity index (χ3v) is 6.61. The van der Waals surface area contributed by atoms with E-state index in [1.807, 2.05) is 12.1 Å². The molecular formula is C20H27ClN2O. The van der Waals surface area contributed by atoms with Gasteiger partial charge in [0.2, 0.25) is 5.91 Å². The first kappa shape index (κ1) is 16.4. The predicted molar refractivity (Wildman–Crippen MR) is 97.4 cm³/mol. The molecule has 2 saturated heterocycles. The molecule has 2 heterocycles. The minimum Gasteiger partial charge on any atom is -0.340 e. The van der Waals surface area contributed by atoms with Gasteiger partial charge in [0.1, 0.15) is 0 Å². The van der Waals surface area contributed by atoms with Crippen molar-refractivity contribution in [1.29, 1.82) is 0 Å². The Kier molecular flexibility index (Phi) is 4.57. The van der Waals surface area contributed by atoms with Crippen molar-refractivity contribution in [3.8, 4) is 0 Å². The molecule has 1 atom stereocenters. The highest BCUT2D eigenvalue weighted by Crippen LogP contribution is 2.46. The molecule has 0 radical (unpaired) electrons. The number of hydrogen-bond donors (Lipinski definition) is 0. The summed E-state index contributed by atoms with van der Waals surface area (Å²) in [5, 5.41) is 0.743. The Morgan fingerprint density at radius 2 is 1.71 bits per heavy atom. The van der Waals surface area contributed by atoms with Gasteiger partial charge in [-0.15, -0.1) is 0 Å². The number of amides is 1. The average Bonchev–Trinajstić information content (AvgIpc) is 3.10. The molecule has 1 aliphatic carbocycles. The van der Waals surface area contributed by atoms with Crippen LogP contribution in [0.25, 0.3) is 0 Å². The van der Waals surface area contributed by atoms with Crippen LogP contribution in [0.1, 0.15) is 50.5 Å². The maximum absolute atomic E-state index is 13.4. The third-order valence-electron chi connectivity index (χ3n) is 6.35. The van der Waals surface area contributed by atoms with E-state index in [1.165, 1.54) is 32.4 Å². The van der Waals surface area contributed by atoms with E-state index in [0.29, 0.717) is 11.9 Å². The van der Waals surface area contributed by atoms with E-state index in [1.54, 1.807) is 0 Å². The number of nitrogens with zero attached hydrogens (tertiary/aromatic N) is 2. The summed E-state index contributed by atoms with van der Waals surface area (Å²) >= 11 is 6.04. The highest BCUT2D eigenvalue weighted by molar-refractivity contribution is 6.30. The third kappa shape index (κ3) is 2.86. The molecule has 0 aromatic heterocycles. The molecule has 3 nitrogen and oxygen atoms in total. The zero-order chi connectivity index (χ0) is 16.6. The van der Waals surface area contributed by atoms with Gasteiger partial charge >= 0.3 is 0 Å². The van der Waals surface area contributed by atoms with Gasteiger partial charge in [-0.3, -0.25) is 9.69 Å². The number of benzene rings is 1. The number of likely N-dealkylation sites (tertiary alicyclic amines) is 2. The van der Waals surface area contributed by atoms with Gasteiger partial charge < -0.3 is 4.90 Å². The van der Waals surface area contributed by atoms with Crippen molar-refractivity contribution >= 4 is 17.5 Å². The fraction of sp³-hybridized carbons (Fsp3) is 0.650. The Labute approximate surface area is 150 Å². The Balaban J connectivity index is 1.51. The summed E-state index contributed by atoms with van der Waals surface area (Å²) in [5.41, 5.74) is 0.878. The van der Waals surface area contributed by atoms with Crippen molar-refractivity contribution in [2.75, 3.05) is 26.2 Å². The fourth-order valence-electron chi connectivity index (χ4n) is 4.77. The molecule has 1 aromatic carbocycles. The van der Waals surface area contributed by atoms with E-state index in [-0.39, 0.29) is 5.41 Å². The standard InChI is InChI=1S/C20H27ClN2O/c21-17-8-6-16(7-9-17)20(10-4-11-20)19(24)23-14-3-5-18(15-23)22-12-1-2-13-22/h6-9,18H,1-5,10-15H2/t18-/m0/s1. The van der Waals surface area contributed by atoms with Crippen LogP contribution in [0.4, 0.5) is 0 Å². The van der Waals surface area contributed by atoms with E-state index in [9.17, 15) is 4.79 Å². The lowest BCUT2D eigenvalue weighted by molar-refractivity contribution is -0.143. The molecule has 0 bridgehead atoms. The van der Waals surface area contributed by atoms with Gasteiger partial charge in [-0.25, -0.2) is 0 Å². The molecule has 24 heavy (non-hydrogen) atoms. The number of carbonyl (C=O) groups excluding carboxylic acids is 1. The second-order valence-electron chi connectivity index (χ2n) is 7.73. The SMILES string of the molecule is O=C(N1CCC[C@H](N2CCCC2)C1)C1(c2ccc(Cl)cc2)CCC1. The number of carbonyl (C=O) groups is 1. The van der Waals surface area contributed by atoms with Gasteiger partial charge in [0, 0.05) is 24.2 Å². The zero-order valence-electron chi connectivity index (χ0n) is 14.3. The predicted octanol–water partition coefficient (Wildman–Crippen LogP) is 3.85. The maximum Gasteiger partial charge on any atom is 0.233 e. The first-order chi connectivity index (χ1) is 11.7. The van der Waals surface area contributed by atoms with E-state index < -0.39 is 0 Å². The Bertz CT molecular complexity index is 590. The normalized spacial score (nSPS) is 27.0. The van der Waals surface area contributed by atoms with Crippen LogP contribution in [0.15, 0.2) is 24.3 Å². The molecular weight excluding hydrogens is 320 g/mol. The van der Waals surface area contributed by atoms with E-state index in [2.05, 4.69) is 21.9 Å². The van der Waals surface area contributed by atoms with Gasteiger partial charge in [-0.05, 0) is 69.3 Å². The van der Waals surface area contributed by atoms with E-state index in [0.717, 1.165) is 49.4 Å². The minimum absolute atomic E-state index is 0.280. The lowest BCUT2D eigenvalue weighted by atomic mass is 9.63. The number of piperidine rings is 1. The largest absolute Gasteiger partial charge is 0.340 e. The quantitative estimate of drug-likeness (QED) is 0.830. The molecule has 1 aromatic rings. The van der Waals surface area contributed by atoms with Gasteiger partial charge in [0.15, 0.2) is 0 Å². The second kappa shape index (κ2) is 6.68. The summed E-state index contributed by atoms with van der Waals surface area (Å²) in [6.45, 7) is 4.29. The lowest BCUT2D eigenvalue weighted by Gasteiger charge is -2.47. The molecule has 4 heteroatoms. The zero-order valence-corrected chi connectivity index (χ0v) is 15.1. The Hall–Kier alpha value is -1.06. The van der Waals surface area contributed by atoms with E-state index >= 15 is 0 Å². The minimum atomic E-state index is -0.280. The topological polar surface area (TPSA) is 23.6 Å². The molecule has 1 amide bonds. The van der Waals surface area contributed by atoms with E-state index in [4.69, 9.17) is 11.6 Å². The van der Waals surface area contributed by atoms with Crippen LogP contribution in [0, 0.1) is 0 Å². The van der Waals surface area contributed by atoms with Crippen molar-refractivity contribution < 1.29 is 4.79 Å². The molecule has 3 fully saturated rings. The summed E-state index contributed by atoms with van der Waals surface area (Å²) in [4.78, 5) is 18.2. The van der Waals surface area contributed by atoms with Crippen LogP contribution < -0.4 is 0 Å². The Morgan fingerprint density at radius 3 is 2.33 bits per heavy atom. The highest BCUT2D eigenvalue weighted by atomic mass is 35.5. The number of halogens is 1. The second-order valence-corrected chi connectivity index (χ2v) is 8.17. The van der Waals surface area contributed by atoms with Crippen molar-refractivity contribution in [3.05, 3.63) is 34.9 Å². The molecule has 2 aliphatic heterocycles. The highest BCUT2D eigenvalue weighted by Gasteiger charge is 2.48. The molecule has 0 N–H and O–H groups in total. The summed E-state index contributed by atoms with van der Waals surface area (Å²) < 4.78 is 0. The van der Waals surface area contributed by atoms with Crippen molar-refractivity contribution in [1.82, 2.24) is 9.80 Å². The molecule has 0 spiro atoms. The number of hydrogen-bond acceptors (Lipinski definition) is 2. The summed E-state index contributed by atoms with van der Waals surface area (Å²) in [5.74, 6) is 0.361. The van der Waals surface area contributed by atoms with Crippen molar-refractivity contribution in [3.63, 3.8) is 0 Å². The van der Waals surface area contributed by atoms with Crippen LogP contribution in [0.3, 0.4) is 0 Å². The lowest BCUT2D eigenvalue weighted by Crippen LogP contribution is -2.56. The van der Waals surface area contributed by atoms with Crippen LogP contribution in [-0.4, -0.2) is 47.9 Å². The van der Waals surface area contributed by atoms with Gasteiger partial charge in [0.05, 0.1) is 5.41 Å². The number of rotatable bonds is 3. The van der Waals surface area contributed by atoms with Crippen LogP contribution >= 0.6 is 11.6 Å². The Morgan fingerprint density at radius 1 is 1.00 bits per heavy atom. The van der Waals surface area contributed by atoms with Crippen LogP contribution in [0.2, 0.25) is 5.02 Å². The molecule has 0 unspecified atom stereocenters. The first-order valence-corrected chi connectivity index (χ1v) is 9.86. The monoisotopic (exact) mass is 346 g/mol. The summed E-state index contributed by atoms with van der Waals surface area (Å²) in [6.07, 6.45) is 8.15. The molecule has 3 aliphatic rings. The maximum atomic E-state index is 13.4. The smallest absolute Gasteiger partial charge is 0.233 e. The molecule has 4 rings (SSSR count). The van der Waals surface area contributed by atoms with Crippen LogP contribution in [0.5, 0.6) is 0 Å². The summed E-state index contributed by atoms with van der Waals surface area (Å²) in [7, 11) is 0. The fourth-order valence-corrected chi connectivity index (χ4v) is 4.90. The first-order valence-electron chi connectivity index (χ1n) is 9.48. The molecule has 130 valence electrons. The van der Waals surface area contributed by atoms with Gasteiger partial charge in [-0.2, -0.15) is 0 Å². The van der Waals surface area contributed by atoms with Crippen molar-refractivity contribution in [2.24, 2.45) is 0 Å². The summed E-state index contributed by atoms with van der Waals surface area (Å²) in [6, 6.07) is 8.54. The average molecular weight is 347 g/mol. The van der Waals surface area contributed by atoms with Crippen molar-refractivity contribution in [2.45, 2.75) is 56.4 Å². The van der Waals surface area contributed by atoms with Gasteiger partial charge in [0.25, 0.3) is 0 Å². The molecule has 1 saturated carbocycles.